The topological polar surface area (TPSA) is 124 Å². The van der Waals surface area contributed by atoms with Gasteiger partial charge in [0.05, 0.1) is 16.3 Å². The van der Waals surface area contributed by atoms with Gasteiger partial charge in [0, 0.05) is 28.9 Å². The SMILES string of the molecule is CCCN1C(=O)c2cccc3c(S(=O)(=O)Nc4ccc(C(=O)O)c(O)c4)ccc1c23. The second-order valence-electron chi connectivity index (χ2n) is 6.91. The fourth-order valence-electron chi connectivity index (χ4n) is 3.69. The van der Waals surface area contributed by atoms with Crippen molar-refractivity contribution in [2.75, 3.05) is 16.2 Å². The minimum atomic E-state index is -4.08. The summed E-state index contributed by atoms with van der Waals surface area (Å²) in [4.78, 5) is 25.4. The molecule has 0 unspecified atom stereocenters. The molecule has 3 aromatic rings. The number of carboxylic acid groups (broad SMARTS) is 1. The maximum Gasteiger partial charge on any atom is 0.339 e. The summed E-state index contributed by atoms with van der Waals surface area (Å²) in [5, 5.41) is 19.8. The fourth-order valence-corrected chi connectivity index (χ4v) is 4.94. The number of rotatable bonds is 6. The van der Waals surface area contributed by atoms with Crippen LogP contribution in [-0.4, -0.2) is 37.1 Å². The number of aromatic hydroxyl groups is 1. The molecule has 1 amide bonds. The van der Waals surface area contributed by atoms with Crippen LogP contribution in [0.3, 0.4) is 0 Å². The third-order valence-electron chi connectivity index (χ3n) is 4.96. The van der Waals surface area contributed by atoms with E-state index in [1.165, 1.54) is 12.1 Å². The van der Waals surface area contributed by atoms with Crippen LogP contribution in [0.25, 0.3) is 10.8 Å². The van der Waals surface area contributed by atoms with Crippen LogP contribution in [0.5, 0.6) is 5.75 Å². The van der Waals surface area contributed by atoms with Gasteiger partial charge in [-0.2, -0.15) is 0 Å². The van der Waals surface area contributed by atoms with Crippen molar-refractivity contribution >= 4 is 44.0 Å². The summed E-state index contributed by atoms with van der Waals surface area (Å²) < 4.78 is 28.5. The normalized spacial score (nSPS) is 13.1. The molecule has 30 heavy (non-hydrogen) atoms. The molecule has 0 spiro atoms. The lowest BCUT2D eigenvalue weighted by atomic mass is 10.1. The van der Waals surface area contributed by atoms with Crippen molar-refractivity contribution < 1.29 is 28.2 Å². The second-order valence-corrected chi connectivity index (χ2v) is 8.56. The van der Waals surface area contributed by atoms with Crippen LogP contribution in [0.4, 0.5) is 11.4 Å². The molecule has 3 N–H and O–H groups in total. The van der Waals surface area contributed by atoms with Crippen molar-refractivity contribution in [2.45, 2.75) is 18.2 Å². The third-order valence-corrected chi connectivity index (χ3v) is 6.40. The number of amides is 1. The van der Waals surface area contributed by atoms with Crippen molar-refractivity contribution in [1.29, 1.82) is 0 Å². The van der Waals surface area contributed by atoms with Gasteiger partial charge in [0.1, 0.15) is 11.3 Å². The summed E-state index contributed by atoms with van der Waals surface area (Å²) in [7, 11) is -4.08. The summed E-state index contributed by atoms with van der Waals surface area (Å²) in [6.45, 7) is 2.49. The molecule has 1 heterocycles. The third kappa shape index (κ3) is 3.03. The van der Waals surface area contributed by atoms with E-state index in [0.717, 1.165) is 18.6 Å². The molecule has 0 aromatic heterocycles. The van der Waals surface area contributed by atoms with Crippen LogP contribution < -0.4 is 9.62 Å². The Morgan fingerprint density at radius 1 is 1.13 bits per heavy atom. The highest BCUT2D eigenvalue weighted by Crippen LogP contribution is 2.40. The Balaban J connectivity index is 1.80. The monoisotopic (exact) mass is 426 g/mol. The smallest absolute Gasteiger partial charge is 0.339 e. The molecular formula is C21H18N2O6S. The van der Waals surface area contributed by atoms with Crippen molar-refractivity contribution in [3.05, 3.63) is 59.7 Å². The molecule has 0 radical (unpaired) electrons. The largest absolute Gasteiger partial charge is 0.507 e. The standard InChI is InChI=1S/C21H18N2O6S/c1-2-10-23-16-8-9-18(14-4-3-5-15(19(14)16)20(23)25)30(28,29)22-12-6-7-13(21(26)27)17(24)11-12/h3-9,11,22,24H,2,10H2,1H3,(H,26,27). The number of carbonyl (C=O) groups excluding carboxylic acids is 1. The molecule has 1 aliphatic heterocycles. The van der Waals surface area contributed by atoms with Crippen LogP contribution in [0, 0.1) is 0 Å². The van der Waals surface area contributed by atoms with Gasteiger partial charge >= 0.3 is 5.97 Å². The highest BCUT2D eigenvalue weighted by atomic mass is 32.2. The lowest BCUT2D eigenvalue weighted by molar-refractivity contribution is 0.0693. The average Bonchev–Trinajstić information content (AvgIpc) is 2.95. The lowest BCUT2D eigenvalue weighted by Gasteiger charge is -2.17. The Bertz CT molecular complexity index is 1320. The number of sulfonamides is 1. The van der Waals surface area contributed by atoms with E-state index >= 15 is 0 Å². The van der Waals surface area contributed by atoms with E-state index in [2.05, 4.69) is 4.72 Å². The zero-order chi connectivity index (χ0) is 21.6. The van der Waals surface area contributed by atoms with E-state index in [-0.39, 0.29) is 22.1 Å². The Morgan fingerprint density at radius 2 is 1.90 bits per heavy atom. The van der Waals surface area contributed by atoms with Gasteiger partial charge in [-0.1, -0.05) is 19.1 Å². The van der Waals surface area contributed by atoms with Crippen LogP contribution in [0.15, 0.2) is 53.4 Å². The number of nitrogens with one attached hydrogen (secondary N) is 1. The quantitative estimate of drug-likeness (QED) is 0.555. The molecule has 1 aliphatic rings. The molecule has 0 bridgehead atoms. The summed E-state index contributed by atoms with van der Waals surface area (Å²) in [5.41, 5.74) is 0.813. The Morgan fingerprint density at radius 3 is 2.57 bits per heavy atom. The first kappa shape index (κ1) is 19.7. The number of carboxylic acids is 1. The van der Waals surface area contributed by atoms with Gasteiger partial charge in [-0.25, -0.2) is 13.2 Å². The molecule has 154 valence electrons. The highest BCUT2D eigenvalue weighted by Gasteiger charge is 2.31. The molecule has 8 nitrogen and oxygen atoms in total. The van der Waals surface area contributed by atoms with Gasteiger partial charge in [-0.3, -0.25) is 9.52 Å². The summed E-state index contributed by atoms with van der Waals surface area (Å²) in [6, 6.07) is 11.4. The zero-order valence-electron chi connectivity index (χ0n) is 15.9. The van der Waals surface area contributed by atoms with Crippen LogP contribution >= 0.6 is 0 Å². The highest BCUT2D eigenvalue weighted by molar-refractivity contribution is 7.93. The van der Waals surface area contributed by atoms with Gasteiger partial charge in [0.2, 0.25) is 0 Å². The predicted molar refractivity (Wildman–Crippen MR) is 112 cm³/mol. The number of benzene rings is 3. The van der Waals surface area contributed by atoms with Crippen molar-refractivity contribution in [2.24, 2.45) is 0 Å². The number of phenols is 1. The van der Waals surface area contributed by atoms with Crippen LogP contribution in [0.2, 0.25) is 0 Å². The number of hydrogen-bond donors (Lipinski definition) is 3. The molecule has 9 heteroatoms. The maximum absolute atomic E-state index is 13.1. The predicted octanol–water partition coefficient (Wildman–Crippen LogP) is 3.41. The van der Waals surface area contributed by atoms with Crippen LogP contribution in [-0.2, 0) is 10.0 Å². The van der Waals surface area contributed by atoms with Crippen molar-refractivity contribution in [3.8, 4) is 5.75 Å². The van der Waals surface area contributed by atoms with Crippen molar-refractivity contribution in [3.63, 3.8) is 0 Å². The zero-order valence-corrected chi connectivity index (χ0v) is 16.7. The number of aromatic carboxylic acids is 1. The fraction of sp³-hybridized carbons (Fsp3) is 0.143. The number of hydrogen-bond acceptors (Lipinski definition) is 5. The summed E-state index contributed by atoms with van der Waals surface area (Å²) >= 11 is 0. The van der Waals surface area contributed by atoms with Gasteiger partial charge in [0.15, 0.2) is 0 Å². The molecule has 0 saturated carbocycles. The molecule has 0 aliphatic carbocycles. The first-order valence-corrected chi connectivity index (χ1v) is 10.7. The minimum absolute atomic E-state index is 0.0175. The molecular weight excluding hydrogens is 408 g/mol. The average molecular weight is 426 g/mol. The Kier molecular flexibility index (Phi) is 4.62. The van der Waals surface area contributed by atoms with Crippen molar-refractivity contribution in [1.82, 2.24) is 0 Å². The van der Waals surface area contributed by atoms with E-state index in [4.69, 9.17) is 5.11 Å². The van der Waals surface area contributed by atoms with E-state index in [1.54, 1.807) is 29.2 Å². The molecule has 3 aromatic carbocycles. The number of nitrogens with zero attached hydrogens (tertiary/aromatic N) is 1. The lowest BCUT2D eigenvalue weighted by Crippen LogP contribution is -2.27. The number of anilines is 2. The van der Waals surface area contributed by atoms with Gasteiger partial charge < -0.3 is 15.1 Å². The molecule has 4 rings (SSSR count). The maximum atomic E-state index is 13.1. The minimum Gasteiger partial charge on any atom is -0.507 e. The molecule has 0 fully saturated rings. The second kappa shape index (κ2) is 7.03. The molecule has 0 atom stereocenters. The van der Waals surface area contributed by atoms with E-state index in [9.17, 15) is 23.1 Å². The summed E-state index contributed by atoms with van der Waals surface area (Å²) in [5.74, 6) is -2.03. The van der Waals surface area contributed by atoms with E-state index in [1.807, 2.05) is 6.92 Å². The molecule has 0 saturated heterocycles. The first-order valence-electron chi connectivity index (χ1n) is 9.21. The van der Waals surface area contributed by atoms with Crippen LogP contribution in [0.1, 0.15) is 34.1 Å². The Labute approximate surface area is 172 Å². The van der Waals surface area contributed by atoms with E-state index in [0.29, 0.717) is 28.6 Å². The number of carbonyl (C=O) groups is 2. The van der Waals surface area contributed by atoms with Gasteiger partial charge in [0.25, 0.3) is 15.9 Å². The van der Waals surface area contributed by atoms with Gasteiger partial charge in [-0.05, 0) is 36.8 Å². The van der Waals surface area contributed by atoms with Gasteiger partial charge in [-0.15, -0.1) is 0 Å². The summed E-state index contributed by atoms with van der Waals surface area (Å²) in [6.07, 6.45) is 0.763. The van der Waals surface area contributed by atoms with E-state index < -0.39 is 21.7 Å². The first-order chi connectivity index (χ1) is 14.2. The Hall–Kier alpha value is -3.59.